The molecule has 1 aromatic heterocycles. The Morgan fingerprint density at radius 1 is 1.30 bits per heavy atom. The number of halogens is 1. The van der Waals surface area contributed by atoms with Crippen molar-refractivity contribution in [3.8, 4) is 0 Å². The lowest BCUT2D eigenvalue weighted by atomic mass is 10.2. The topological polar surface area (TPSA) is 68.6 Å². The first-order valence-electron chi connectivity index (χ1n) is 7.47. The van der Waals surface area contributed by atoms with E-state index >= 15 is 0 Å². The minimum absolute atomic E-state index is 0.234. The summed E-state index contributed by atoms with van der Waals surface area (Å²) >= 11 is 7.24. The fraction of sp³-hybridized carbons (Fsp3) is 0.400. The van der Waals surface area contributed by atoms with Crippen LogP contribution in [0.25, 0.3) is 0 Å². The van der Waals surface area contributed by atoms with Gasteiger partial charge in [0.2, 0.25) is 5.27 Å². The van der Waals surface area contributed by atoms with Gasteiger partial charge in [0, 0.05) is 15.7 Å². The molecule has 122 valence electrons. The van der Waals surface area contributed by atoms with E-state index < -0.39 is 0 Å². The Labute approximate surface area is 143 Å². The molecule has 0 atom stereocenters. The fourth-order valence-corrected chi connectivity index (χ4v) is 3.13. The zero-order chi connectivity index (χ0) is 16.1. The predicted octanol–water partition coefficient (Wildman–Crippen LogP) is 1.92. The highest BCUT2D eigenvalue weighted by molar-refractivity contribution is 8.00. The van der Waals surface area contributed by atoms with Crippen LogP contribution in [-0.2, 0) is 0 Å². The van der Waals surface area contributed by atoms with Gasteiger partial charge < -0.3 is 5.11 Å². The first kappa shape index (κ1) is 16.1. The Hall–Kier alpha value is -1.73. The van der Waals surface area contributed by atoms with Crippen LogP contribution in [0.1, 0.15) is 19.3 Å². The van der Waals surface area contributed by atoms with Gasteiger partial charge in [0.15, 0.2) is 0 Å². The SMILES string of the molecule is [O-]/C(CSc1ccc(Cl)cc1)=N\c1c[n+](N2CCCCC2)no1. The molecule has 2 aromatic rings. The third-order valence-electron chi connectivity index (χ3n) is 3.48. The summed E-state index contributed by atoms with van der Waals surface area (Å²) in [6.45, 7) is 1.88. The quantitative estimate of drug-likeness (QED) is 0.356. The van der Waals surface area contributed by atoms with Crippen molar-refractivity contribution in [2.75, 3.05) is 23.9 Å². The van der Waals surface area contributed by atoms with Crippen LogP contribution in [0.3, 0.4) is 0 Å². The molecule has 0 spiro atoms. The summed E-state index contributed by atoms with van der Waals surface area (Å²) in [6.07, 6.45) is 5.18. The highest BCUT2D eigenvalue weighted by Crippen LogP contribution is 2.20. The Kier molecular flexibility index (Phi) is 5.40. The van der Waals surface area contributed by atoms with Gasteiger partial charge in [-0.25, -0.2) is 4.99 Å². The van der Waals surface area contributed by atoms with Crippen molar-refractivity contribution in [3.63, 3.8) is 0 Å². The molecular formula is C15H17ClN4O2S. The van der Waals surface area contributed by atoms with Crippen molar-refractivity contribution < 1.29 is 14.4 Å². The summed E-state index contributed by atoms with van der Waals surface area (Å²) in [5, 5.41) is 18.6. The van der Waals surface area contributed by atoms with Crippen LogP contribution >= 0.6 is 23.4 Å². The van der Waals surface area contributed by atoms with Gasteiger partial charge in [0.25, 0.3) is 6.20 Å². The molecular weight excluding hydrogens is 336 g/mol. The second-order valence-corrected chi connectivity index (χ2v) is 6.71. The van der Waals surface area contributed by atoms with Crippen molar-refractivity contribution in [1.29, 1.82) is 0 Å². The van der Waals surface area contributed by atoms with Crippen LogP contribution in [0.15, 0.2) is 44.9 Å². The molecule has 0 amide bonds. The maximum atomic E-state index is 11.9. The number of rotatable bonds is 5. The van der Waals surface area contributed by atoms with Gasteiger partial charge in [-0.3, -0.25) is 4.52 Å². The molecule has 1 aliphatic heterocycles. The van der Waals surface area contributed by atoms with E-state index in [-0.39, 0.29) is 17.5 Å². The number of aromatic nitrogens is 2. The largest absolute Gasteiger partial charge is 0.861 e. The lowest BCUT2D eigenvalue weighted by Gasteiger charge is -2.17. The fourth-order valence-electron chi connectivity index (χ4n) is 2.33. The second kappa shape index (κ2) is 7.70. The number of benzene rings is 1. The first-order chi connectivity index (χ1) is 11.2. The number of aliphatic imine (C=N–C) groups is 1. The van der Waals surface area contributed by atoms with Crippen LogP contribution < -0.4 is 14.9 Å². The van der Waals surface area contributed by atoms with E-state index in [1.807, 2.05) is 12.1 Å². The maximum Gasteiger partial charge on any atom is 0.324 e. The van der Waals surface area contributed by atoms with Crippen LogP contribution in [0.2, 0.25) is 5.02 Å². The summed E-state index contributed by atoms with van der Waals surface area (Å²) in [5.41, 5.74) is 0. The molecule has 0 N–H and O–H groups in total. The number of hydrogen-bond acceptors (Lipinski definition) is 6. The van der Waals surface area contributed by atoms with E-state index in [1.54, 1.807) is 23.1 Å². The van der Waals surface area contributed by atoms with Crippen molar-refractivity contribution in [2.45, 2.75) is 24.2 Å². The third-order valence-corrected chi connectivity index (χ3v) is 4.73. The molecule has 1 fully saturated rings. The number of nitrogens with zero attached hydrogens (tertiary/aromatic N) is 4. The molecule has 0 aliphatic carbocycles. The molecule has 0 bridgehead atoms. The summed E-state index contributed by atoms with van der Waals surface area (Å²) < 4.78 is 5.11. The van der Waals surface area contributed by atoms with E-state index in [0.717, 1.165) is 30.8 Å². The minimum atomic E-state index is -0.258. The normalized spacial score (nSPS) is 15.9. The van der Waals surface area contributed by atoms with Gasteiger partial charge in [-0.1, -0.05) is 11.6 Å². The Morgan fingerprint density at radius 2 is 2.04 bits per heavy atom. The van der Waals surface area contributed by atoms with Gasteiger partial charge in [-0.2, -0.15) is 5.01 Å². The summed E-state index contributed by atoms with van der Waals surface area (Å²) in [4.78, 5) is 6.55. The summed E-state index contributed by atoms with van der Waals surface area (Å²) in [7, 11) is 0. The van der Waals surface area contributed by atoms with Crippen molar-refractivity contribution in [3.05, 3.63) is 35.5 Å². The van der Waals surface area contributed by atoms with Gasteiger partial charge >= 0.3 is 5.88 Å². The molecule has 1 aliphatic rings. The van der Waals surface area contributed by atoms with Gasteiger partial charge in [0.1, 0.15) is 0 Å². The molecule has 3 rings (SSSR count). The van der Waals surface area contributed by atoms with Crippen molar-refractivity contribution >= 4 is 35.1 Å². The van der Waals surface area contributed by atoms with Gasteiger partial charge in [0.05, 0.1) is 17.9 Å². The van der Waals surface area contributed by atoms with Crippen LogP contribution in [-0.4, -0.2) is 30.0 Å². The minimum Gasteiger partial charge on any atom is -0.861 e. The van der Waals surface area contributed by atoms with E-state index in [4.69, 9.17) is 16.1 Å². The molecule has 1 saturated heterocycles. The van der Waals surface area contributed by atoms with Crippen LogP contribution in [0.5, 0.6) is 0 Å². The molecule has 0 unspecified atom stereocenters. The highest BCUT2D eigenvalue weighted by Gasteiger charge is 2.22. The monoisotopic (exact) mass is 352 g/mol. The first-order valence-corrected chi connectivity index (χ1v) is 8.84. The molecule has 0 radical (unpaired) electrons. The standard InChI is InChI=1S/C15H17ClN4O2S/c16-12-4-6-13(7-5-12)23-11-14(21)17-15-10-20(18-22-15)19-8-2-1-3-9-19/h4-7,10H,1-3,8-9,11H2. The second-order valence-electron chi connectivity index (χ2n) is 5.22. The van der Waals surface area contributed by atoms with E-state index in [0.29, 0.717) is 5.02 Å². The van der Waals surface area contributed by atoms with Gasteiger partial charge in [-0.05, 0) is 49.4 Å². The van der Waals surface area contributed by atoms with Crippen molar-refractivity contribution in [1.82, 2.24) is 5.27 Å². The summed E-state index contributed by atoms with van der Waals surface area (Å²) in [6, 6.07) is 7.34. The molecule has 2 heterocycles. The van der Waals surface area contributed by atoms with Crippen molar-refractivity contribution in [2.24, 2.45) is 4.99 Å². The average molecular weight is 353 g/mol. The summed E-state index contributed by atoms with van der Waals surface area (Å²) in [5.74, 6) is 0.218. The predicted molar refractivity (Wildman–Crippen MR) is 87.8 cm³/mol. The van der Waals surface area contributed by atoms with E-state index in [9.17, 15) is 5.11 Å². The van der Waals surface area contributed by atoms with E-state index in [2.05, 4.69) is 15.3 Å². The highest BCUT2D eigenvalue weighted by atomic mass is 35.5. The molecule has 8 heteroatoms. The average Bonchev–Trinajstić information content (AvgIpc) is 3.04. The lowest BCUT2D eigenvalue weighted by molar-refractivity contribution is -0.759. The van der Waals surface area contributed by atoms with Crippen LogP contribution in [0.4, 0.5) is 5.88 Å². The Bertz CT molecular complexity index is 668. The Morgan fingerprint density at radius 3 is 2.78 bits per heavy atom. The molecule has 6 nitrogen and oxygen atoms in total. The van der Waals surface area contributed by atoms with E-state index in [1.165, 1.54) is 18.2 Å². The third kappa shape index (κ3) is 4.62. The van der Waals surface area contributed by atoms with Crippen LogP contribution in [0, 0.1) is 0 Å². The number of hydrogen-bond donors (Lipinski definition) is 0. The zero-order valence-electron chi connectivity index (χ0n) is 12.5. The molecule has 23 heavy (non-hydrogen) atoms. The molecule has 0 saturated carbocycles. The number of thioether (sulfide) groups is 1. The smallest absolute Gasteiger partial charge is 0.324 e. The molecule has 1 aromatic carbocycles. The number of piperidine rings is 1. The lowest BCUT2D eigenvalue weighted by Crippen LogP contribution is -2.60. The zero-order valence-corrected chi connectivity index (χ0v) is 14.1. The Balaban J connectivity index is 1.57. The maximum absolute atomic E-state index is 11.9. The van der Waals surface area contributed by atoms with Gasteiger partial charge in [-0.15, -0.1) is 11.8 Å².